The third kappa shape index (κ3) is 4.69. The van der Waals surface area contributed by atoms with Gasteiger partial charge in [0.15, 0.2) is 5.78 Å². The maximum Gasteiger partial charge on any atom is 0.273 e. The van der Waals surface area contributed by atoms with Crippen LogP contribution < -0.4 is 0 Å². The van der Waals surface area contributed by atoms with Crippen molar-refractivity contribution in [2.75, 3.05) is 5.88 Å². The fraction of sp³-hybridized carbons (Fsp3) is 0.200. The number of amides is 3. The molecule has 8 rings (SSSR count). The van der Waals surface area contributed by atoms with Gasteiger partial charge in [-0.15, -0.1) is 11.6 Å². The van der Waals surface area contributed by atoms with Gasteiger partial charge in [-0.3, -0.25) is 19.2 Å². The van der Waals surface area contributed by atoms with Crippen LogP contribution in [0.3, 0.4) is 0 Å². The first-order chi connectivity index (χ1) is 21.7. The van der Waals surface area contributed by atoms with Crippen molar-refractivity contribution >= 4 is 69.9 Å². The van der Waals surface area contributed by atoms with Crippen LogP contribution in [0.4, 0.5) is 0 Å². The molecule has 226 valence electrons. The number of benzene rings is 4. The van der Waals surface area contributed by atoms with E-state index in [1.165, 1.54) is 30.3 Å². The van der Waals surface area contributed by atoms with E-state index in [1.807, 2.05) is 48.5 Å². The topological polar surface area (TPSA) is 74.8 Å². The van der Waals surface area contributed by atoms with Gasteiger partial charge < -0.3 is 0 Å². The summed E-state index contributed by atoms with van der Waals surface area (Å²) in [7, 11) is 0. The number of hydrogen-bond acceptors (Lipinski definition) is 4. The van der Waals surface area contributed by atoms with Crippen LogP contribution in [-0.2, 0) is 9.59 Å². The summed E-state index contributed by atoms with van der Waals surface area (Å²) in [6.45, 7) is 0. The summed E-state index contributed by atoms with van der Waals surface area (Å²) in [5.41, 5.74) is 4.25. The summed E-state index contributed by atoms with van der Waals surface area (Å²) in [5.74, 6) is -4.68. The number of imide groups is 1. The van der Waals surface area contributed by atoms with Crippen molar-refractivity contribution in [2.45, 2.75) is 24.3 Å². The van der Waals surface area contributed by atoms with Crippen molar-refractivity contribution in [3.8, 4) is 0 Å². The molecule has 6 nitrogen and oxygen atoms in total. The van der Waals surface area contributed by atoms with Crippen LogP contribution in [0, 0.1) is 11.8 Å². The zero-order valence-corrected chi connectivity index (χ0v) is 26.5. The largest absolute Gasteiger partial charge is 0.292 e. The molecule has 1 saturated heterocycles. The first-order valence-electron chi connectivity index (χ1n) is 14.4. The molecule has 3 aliphatic carbocycles. The predicted octanol–water partition coefficient (Wildman–Crippen LogP) is 7.78. The Labute approximate surface area is 279 Å². The summed E-state index contributed by atoms with van der Waals surface area (Å²) in [6, 6.07) is 24.9. The summed E-state index contributed by atoms with van der Waals surface area (Å²) >= 11 is 24.8. The SMILES string of the molecule is O=C(c1ccc(Cl)cc1)[C@H](CCCl)N(C(=O)c1ccc(Cl)c(Cl)c1)N1C(=O)[C@@H]2C3c4ccccc4C(c4ccccc43)[C@H]2C1=O. The highest BCUT2D eigenvalue weighted by Gasteiger charge is 2.63. The highest BCUT2D eigenvalue weighted by Crippen LogP contribution is 2.61. The van der Waals surface area contributed by atoms with E-state index in [2.05, 4.69) is 0 Å². The lowest BCUT2D eigenvalue weighted by atomic mass is 9.55. The number of halogens is 4. The van der Waals surface area contributed by atoms with E-state index in [0.717, 1.165) is 32.3 Å². The van der Waals surface area contributed by atoms with Crippen LogP contribution in [0.5, 0.6) is 0 Å². The lowest BCUT2D eigenvalue weighted by molar-refractivity contribution is -0.156. The van der Waals surface area contributed by atoms with Crippen LogP contribution in [0.15, 0.2) is 91.0 Å². The molecule has 1 fully saturated rings. The quantitative estimate of drug-likeness (QED) is 0.114. The van der Waals surface area contributed by atoms with Crippen molar-refractivity contribution in [1.82, 2.24) is 10.0 Å². The number of ketones is 1. The minimum atomic E-state index is -1.29. The lowest BCUT2D eigenvalue weighted by Crippen LogP contribution is -2.57. The normalized spacial score (nSPS) is 21.6. The molecule has 0 spiro atoms. The minimum absolute atomic E-state index is 0.0274. The van der Waals surface area contributed by atoms with Crippen LogP contribution in [0.25, 0.3) is 0 Å². The van der Waals surface area contributed by atoms with E-state index in [1.54, 1.807) is 12.1 Å². The molecule has 0 saturated carbocycles. The number of Topliss-reactive ketones (excluding diaryl/α,β-unsaturated/α-hetero) is 1. The molecule has 1 heterocycles. The van der Waals surface area contributed by atoms with Crippen molar-refractivity contribution < 1.29 is 19.2 Å². The number of alkyl halides is 1. The number of hydrazine groups is 1. The van der Waals surface area contributed by atoms with Crippen LogP contribution in [0.1, 0.15) is 61.2 Å². The van der Waals surface area contributed by atoms with Crippen LogP contribution in [0.2, 0.25) is 15.1 Å². The molecule has 4 aromatic carbocycles. The van der Waals surface area contributed by atoms with E-state index >= 15 is 0 Å². The molecule has 3 atom stereocenters. The molecule has 2 bridgehead atoms. The van der Waals surface area contributed by atoms with E-state index in [9.17, 15) is 19.2 Å². The lowest BCUT2D eigenvalue weighted by Gasteiger charge is -2.45. The second-order valence-corrected chi connectivity index (χ2v) is 13.0. The monoisotopic (exact) mass is 676 g/mol. The summed E-state index contributed by atoms with van der Waals surface area (Å²) in [5, 5.41) is 2.66. The van der Waals surface area contributed by atoms with Gasteiger partial charge in [-0.25, -0.2) is 5.01 Å². The Balaban J connectivity index is 1.39. The zero-order chi connectivity index (χ0) is 31.6. The number of carbonyl (C=O) groups excluding carboxylic acids is 4. The van der Waals surface area contributed by atoms with Gasteiger partial charge >= 0.3 is 0 Å². The average Bonchev–Trinajstić information content (AvgIpc) is 3.31. The maximum absolute atomic E-state index is 14.7. The van der Waals surface area contributed by atoms with Crippen molar-refractivity contribution in [2.24, 2.45) is 11.8 Å². The fourth-order valence-corrected chi connectivity index (χ4v) is 7.91. The summed E-state index contributed by atoms with van der Waals surface area (Å²) in [4.78, 5) is 58.0. The van der Waals surface area contributed by atoms with Gasteiger partial charge in [-0.1, -0.05) is 83.3 Å². The van der Waals surface area contributed by atoms with E-state index < -0.39 is 53.2 Å². The average molecular weight is 678 g/mol. The molecule has 0 unspecified atom stereocenters. The number of rotatable bonds is 7. The predicted molar refractivity (Wildman–Crippen MR) is 173 cm³/mol. The first kappa shape index (κ1) is 30.0. The van der Waals surface area contributed by atoms with E-state index in [0.29, 0.717) is 5.02 Å². The Hall–Kier alpha value is -3.68. The standard InChI is InChI=1S/C35H24Cl4N2O4/c36-16-15-27(32(42)18-9-12-20(37)13-10-18)40(33(43)19-11-14-25(38)26(39)17-19)41-34(44)30-28-21-5-1-2-6-22(21)29(31(30)35(41)45)24-8-4-3-7-23(24)28/h1-14,17,27-31H,15-16H2/t27-,28?,29?,30+,31+/m0/s1. The minimum Gasteiger partial charge on any atom is -0.292 e. The molecule has 0 N–H and O–H groups in total. The molecule has 0 aromatic heterocycles. The molecule has 4 aromatic rings. The smallest absolute Gasteiger partial charge is 0.273 e. The second kappa shape index (κ2) is 11.6. The fourth-order valence-electron chi connectivity index (χ4n) is 7.28. The highest BCUT2D eigenvalue weighted by atomic mass is 35.5. The Morgan fingerprint density at radius 1 is 0.689 bits per heavy atom. The number of hydrogen-bond donors (Lipinski definition) is 0. The van der Waals surface area contributed by atoms with Gasteiger partial charge in [-0.2, -0.15) is 5.01 Å². The maximum atomic E-state index is 14.7. The molecule has 1 aliphatic heterocycles. The van der Waals surface area contributed by atoms with Crippen molar-refractivity contribution in [3.63, 3.8) is 0 Å². The van der Waals surface area contributed by atoms with Crippen LogP contribution >= 0.6 is 46.4 Å². The molecule has 10 heteroatoms. The van der Waals surface area contributed by atoms with Gasteiger partial charge in [0.05, 0.1) is 21.9 Å². The highest BCUT2D eigenvalue weighted by molar-refractivity contribution is 6.42. The molecular formula is C35H24Cl4N2O4. The molecule has 4 aliphatic rings. The Morgan fingerprint density at radius 2 is 1.18 bits per heavy atom. The third-order valence-electron chi connectivity index (χ3n) is 9.12. The Morgan fingerprint density at radius 3 is 1.64 bits per heavy atom. The van der Waals surface area contributed by atoms with E-state index in [4.69, 9.17) is 46.4 Å². The molecule has 3 amide bonds. The van der Waals surface area contributed by atoms with Crippen molar-refractivity contribution in [3.05, 3.63) is 139 Å². The van der Waals surface area contributed by atoms with Gasteiger partial charge in [0.1, 0.15) is 6.04 Å². The van der Waals surface area contributed by atoms with E-state index in [-0.39, 0.29) is 33.5 Å². The van der Waals surface area contributed by atoms with Crippen molar-refractivity contribution in [1.29, 1.82) is 0 Å². The van der Waals surface area contributed by atoms with Gasteiger partial charge in [0.2, 0.25) is 0 Å². The van der Waals surface area contributed by atoms with Gasteiger partial charge in [-0.05, 0) is 71.1 Å². The molecule has 45 heavy (non-hydrogen) atoms. The second-order valence-electron chi connectivity index (χ2n) is 11.4. The summed E-state index contributed by atoms with van der Waals surface area (Å²) in [6.07, 6.45) is -0.0320. The Kier molecular flexibility index (Phi) is 7.73. The molecule has 0 radical (unpaired) electrons. The number of carbonyl (C=O) groups is 4. The van der Waals surface area contributed by atoms with Crippen LogP contribution in [-0.4, -0.2) is 45.4 Å². The Bertz CT molecular complexity index is 1780. The first-order valence-corrected chi connectivity index (χ1v) is 16.1. The molecular weight excluding hydrogens is 654 g/mol. The van der Waals surface area contributed by atoms with Gasteiger partial charge in [0, 0.05) is 33.9 Å². The third-order valence-corrected chi connectivity index (χ3v) is 10.3. The zero-order valence-electron chi connectivity index (χ0n) is 23.5. The number of nitrogens with zero attached hydrogens (tertiary/aromatic N) is 2. The summed E-state index contributed by atoms with van der Waals surface area (Å²) < 4.78 is 0. The van der Waals surface area contributed by atoms with Gasteiger partial charge in [0.25, 0.3) is 17.7 Å².